The Hall–Kier alpha value is -0.610. The molecule has 0 aliphatic carbocycles. The Bertz CT molecular complexity index is 205. The van der Waals surface area contributed by atoms with Gasteiger partial charge in [-0.25, -0.2) is 0 Å². The zero-order valence-corrected chi connectivity index (χ0v) is 9.74. The predicted octanol–water partition coefficient (Wildman–Crippen LogP) is 0.751. The minimum atomic E-state index is -0.294. The average Bonchev–Trinajstić information content (AvgIpc) is 2.30. The van der Waals surface area contributed by atoms with Crippen molar-refractivity contribution >= 4 is 5.91 Å². The normalized spacial score (nSPS) is 23.9. The zero-order valence-electron chi connectivity index (χ0n) is 9.74. The Morgan fingerprint density at radius 3 is 2.87 bits per heavy atom. The van der Waals surface area contributed by atoms with E-state index in [4.69, 9.17) is 10.5 Å². The minimum Gasteiger partial charge on any atom is -0.372 e. The van der Waals surface area contributed by atoms with Gasteiger partial charge in [0.1, 0.15) is 6.10 Å². The molecule has 1 aliphatic heterocycles. The highest BCUT2D eigenvalue weighted by Gasteiger charge is 2.29. The summed E-state index contributed by atoms with van der Waals surface area (Å²) in [4.78, 5) is 14.0. The maximum atomic E-state index is 12.1. The Labute approximate surface area is 91.8 Å². The van der Waals surface area contributed by atoms with Crippen LogP contribution in [0.15, 0.2) is 0 Å². The Morgan fingerprint density at radius 1 is 1.60 bits per heavy atom. The van der Waals surface area contributed by atoms with E-state index in [1.54, 1.807) is 7.11 Å². The molecule has 2 N–H and O–H groups in total. The van der Waals surface area contributed by atoms with Gasteiger partial charge in [0.25, 0.3) is 5.91 Å². The molecule has 88 valence electrons. The van der Waals surface area contributed by atoms with Gasteiger partial charge in [-0.3, -0.25) is 4.79 Å². The lowest BCUT2D eigenvalue weighted by atomic mass is 10.0. The summed E-state index contributed by atoms with van der Waals surface area (Å²) in [5.74, 6) is 0.107. The minimum absolute atomic E-state index is 0.107. The molecule has 0 bridgehead atoms. The highest BCUT2D eigenvalue weighted by Crippen LogP contribution is 2.18. The first kappa shape index (κ1) is 12.5. The van der Waals surface area contributed by atoms with Crippen LogP contribution in [0.2, 0.25) is 0 Å². The zero-order chi connectivity index (χ0) is 11.3. The number of ether oxygens (including phenoxy) is 1. The van der Waals surface area contributed by atoms with Gasteiger partial charge < -0.3 is 15.4 Å². The molecule has 0 aromatic carbocycles. The van der Waals surface area contributed by atoms with Gasteiger partial charge in [0.2, 0.25) is 0 Å². The summed E-state index contributed by atoms with van der Waals surface area (Å²) in [5, 5.41) is 0. The quantitative estimate of drug-likeness (QED) is 0.751. The van der Waals surface area contributed by atoms with Crippen LogP contribution in [0.3, 0.4) is 0 Å². The number of carbonyl (C=O) groups excluding carboxylic acids is 1. The SMILES string of the molecule is CCC(OC)C(=O)N1CCCCC1CN. The standard InChI is InChI=1S/C11H22N2O2/c1-3-10(15-2)11(14)13-7-5-4-6-9(13)8-12/h9-10H,3-8,12H2,1-2H3. The van der Waals surface area contributed by atoms with Crippen LogP contribution < -0.4 is 5.73 Å². The molecule has 1 rings (SSSR count). The second-order valence-corrected chi connectivity index (χ2v) is 4.05. The van der Waals surface area contributed by atoms with Crippen molar-refractivity contribution in [2.75, 3.05) is 20.2 Å². The molecular formula is C11H22N2O2. The van der Waals surface area contributed by atoms with Crippen LogP contribution in [0.4, 0.5) is 0 Å². The van der Waals surface area contributed by atoms with E-state index in [2.05, 4.69) is 0 Å². The predicted molar refractivity (Wildman–Crippen MR) is 59.5 cm³/mol. The second kappa shape index (κ2) is 6.08. The fourth-order valence-corrected chi connectivity index (χ4v) is 2.16. The lowest BCUT2D eigenvalue weighted by Gasteiger charge is -2.36. The highest BCUT2D eigenvalue weighted by molar-refractivity contribution is 5.81. The summed E-state index contributed by atoms with van der Waals surface area (Å²) < 4.78 is 5.18. The van der Waals surface area contributed by atoms with E-state index in [1.807, 2.05) is 11.8 Å². The van der Waals surface area contributed by atoms with Crippen LogP contribution >= 0.6 is 0 Å². The molecule has 15 heavy (non-hydrogen) atoms. The molecule has 1 aliphatic rings. The smallest absolute Gasteiger partial charge is 0.251 e. The summed E-state index contributed by atoms with van der Waals surface area (Å²) in [5.41, 5.74) is 5.68. The Kier molecular flexibility index (Phi) is 5.05. The largest absolute Gasteiger partial charge is 0.372 e. The van der Waals surface area contributed by atoms with Crippen LogP contribution in [-0.4, -0.2) is 43.2 Å². The average molecular weight is 214 g/mol. The number of hydrogen-bond donors (Lipinski definition) is 1. The van der Waals surface area contributed by atoms with Gasteiger partial charge >= 0.3 is 0 Å². The summed E-state index contributed by atoms with van der Waals surface area (Å²) >= 11 is 0. The number of rotatable bonds is 4. The van der Waals surface area contributed by atoms with Crippen molar-refractivity contribution in [1.82, 2.24) is 4.90 Å². The lowest BCUT2D eigenvalue weighted by Crippen LogP contribution is -2.51. The fraction of sp³-hybridized carbons (Fsp3) is 0.909. The maximum Gasteiger partial charge on any atom is 0.251 e. The molecule has 2 unspecified atom stereocenters. The van der Waals surface area contributed by atoms with Crippen LogP contribution in [0.1, 0.15) is 32.6 Å². The molecule has 1 saturated heterocycles. The van der Waals surface area contributed by atoms with Crippen molar-refractivity contribution in [2.45, 2.75) is 44.8 Å². The lowest BCUT2D eigenvalue weighted by molar-refractivity contribution is -0.145. The third-order valence-corrected chi connectivity index (χ3v) is 3.11. The van der Waals surface area contributed by atoms with Crippen LogP contribution in [0, 0.1) is 0 Å². The van der Waals surface area contributed by atoms with Crippen molar-refractivity contribution in [3.63, 3.8) is 0 Å². The van der Waals surface area contributed by atoms with Crippen molar-refractivity contribution in [3.8, 4) is 0 Å². The van der Waals surface area contributed by atoms with Gasteiger partial charge in [0.05, 0.1) is 0 Å². The molecule has 1 amide bonds. The summed E-state index contributed by atoms with van der Waals surface area (Å²) in [6, 6.07) is 0.218. The van der Waals surface area contributed by atoms with Crippen molar-refractivity contribution in [1.29, 1.82) is 0 Å². The van der Waals surface area contributed by atoms with Crippen molar-refractivity contribution < 1.29 is 9.53 Å². The summed E-state index contributed by atoms with van der Waals surface area (Å²) in [6.07, 6.45) is 3.72. The number of nitrogens with two attached hydrogens (primary N) is 1. The van der Waals surface area contributed by atoms with Gasteiger partial charge in [-0.2, -0.15) is 0 Å². The van der Waals surface area contributed by atoms with E-state index in [1.165, 1.54) is 6.42 Å². The third kappa shape index (κ3) is 2.92. The first-order valence-electron chi connectivity index (χ1n) is 5.77. The fourth-order valence-electron chi connectivity index (χ4n) is 2.16. The van der Waals surface area contributed by atoms with E-state index in [9.17, 15) is 4.79 Å². The molecule has 0 saturated carbocycles. The monoisotopic (exact) mass is 214 g/mol. The van der Waals surface area contributed by atoms with E-state index in [-0.39, 0.29) is 18.1 Å². The molecular weight excluding hydrogens is 192 g/mol. The highest BCUT2D eigenvalue weighted by atomic mass is 16.5. The van der Waals surface area contributed by atoms with Gasteiger partial charge in [-0.15, -0.1) is 0 Å². The van der Waals surface area contributed by atoms with Gasteiger partial charge in [-0.1, -0.05) is 6.92 Å². The van der Waals surface area contributed by atoms with E-state index in [0.29, 0.717) is 6.54 Å². The molecule has 2 atom stereocenters. The molecule has 0 aromatic heterocycles. The van der Waals surface area contributed by atoms with Gasteiger partial charge in [-0.05, 0) is 25.7 Å². The molecule has 0 radical (unpaired) electrons. The summed E-state index contributed by atoms with van der Waals surface area (Å²) in [6.45, 7) is 3.36. The Morgan fingerprint density at radius 2 is 2.33 bits per heavy atom. The van der Waals surface area contributed by atoms with E-state index >= 15 is 0 Å². The first-order chi connectivity index (χ1) is 7.24. The maximum absolute atomic E-state index is 12.1. The van der Waals surface area contributed by atoms with Crippen LogP contribution in [0.25, 0.3) is 0 Å². The van der Waals surface area contributed by atoms with Crippen LogP contribution in [0.5, 0.6) is 0 Å². The molecule has 4 nitrogen and oxygen atoms in total. The molecule has 1 fully saturated rings. The van der Waals surface area contributed by atoms with E-state index in [0.717, 1.165) is 25.8 Å². The number of nitrogens with zero attached hydrogens (tertiary/aromatic N) is 1. The van der Waals surface area contributed by atoms with Gasteiger partial charge in [0, 0.05) is 26.2 Å². The van der Waals surface area contributed by atoms with Crippen molar-refractivity contribution in [2.24, 2.45) is 5.73 Å². The molecule has 1 heterocycles. The molecule has 4 heteroatoms. The number of piperidine rings is 1. The number of carbonyl (C=O) groups is 1. The number of hydrogen-bond acceptors (Lipinski definition) is 3. The number of methoxy groups -OCH3 is 1. The summed E-state index contributed by atoms with van der Waals surface area (Å²) in [7, 11) is 1.59. The Balaban J connectivity index is 2.62. The third-order valence-electron chi connectivity index (χ3n) is 3.11. The number of likely N-dealkylation sites (tertiary alicyclic amines) is 1. The molecule has 0 aromatic rings. The van der Waals surface area contributed by atoms with E-state index < -0.39 is 0 Å². The van der Waals surface area contributed by atoms with Crippen molar-refractivity contribution in [3.05, 3.63) is 0 Å². The first-order valence-corrected chi connectivity index (χ1v) is 5.77. The number of amides is 1. The molecule has 0 spiro atoms. The van der Waals surface area contributed by atoms with Crippen LogP contribution in [-0.2, 0) is 9.53 Å². The van der Waals surface area contributed by atoms with Gasteiger partial charge in [0.15, 0.2) is 0 Å². The topological polar surface area (TPSA) is 55.6 Å². The second-order valence-electron chi connectivity index (χ2n) is 4.05.